The molecule has 0 radical (unpaired) electrons. The fraction of sp³-hybridized carbons (Fsp3) is 0.353. The number of anilines is 1. The van der Waals surface area contributed by atoms with Crippen LogP contribution in [-0.2, 0) is 0 Å². The van der Waals surface area contributed by atoms with E-state index in [1.165, 1.54) is 11.8 Å². The number of hydrogen-bond acceptors (Lipinski definition) is 6. The molecule has 0 atom stereocenters. The highest BCUT2D eigenvalue weighted by Crippen LogP contribution is 2.38. The van der Waals surface area contributed by atoms with Crippen molar-refractivity contribution < 1.29 is 0 Å². The Morgan fingerprint density at radius 2 is 1.92 bits per heavy atom. The first-order valence-corrected chi connectivity index (χ1v) is 9.86. The molecule has 0 spiro atoms. The predicted molar refractivity (Wildman–Crippen MR) is 105 cm³/mol. The van der Waals surface area contributed by atoms with E-state index in [-0.39, 0.29) is 5.54 Å². The number of aromatic nitrogens is 4. The summed E-state index contributed by atoms with van der Waals surface area (Å²) >= 11 is 13.9. The van der Waals surface area contributed by atoms with Crippen LogP contribution in [-0.4, -0.2) is 38.2 Å². The minimum Gasteiger partial charge on any atom is -0.341 e. The van der Waals surface area contributed by atoms with Crippen LogP contribution < -0.4 is 10.6 Å². The minimum absolute atomic E-state index is 0.114. The molecular formula is C17H18Cl2N6S. The molecule has 4 rings (SSSR count). The van der Waals surface area contributed by atoms with E-state index >= 15 is 0 Å². The Bertz CT molecular complexity index is 948. The van der Waals surface area contributed by atoms with Gasteiger partial charge in [-0.25, -0.2) is 9.97 Å². The van der Waals surface area contributed by atoms with Crippen molar-refractivity contribution in [2.24, 2.45) is 5.73 Å². The third-order valence-electron chi connectivity index (χ3n) is 4.58. The molecule has 136 valence electrons. The second-order valence-corrected chi connectivity index (χ2v) is 8.58. The Hall–Kier alpha value is -1.54. The maximum Gasteiger partial charge on any atom is 0.228 e. The molecule has 6 nitrogen and oxygen atoms in total. The van der Waals surface area contributed by atoms with Gasteiger partial charge in [-0.15, -0.1) is 0 Å². The quantitative estimate of drug-likeness (QED) is 0.708. The molecule has 0 saturated carbocycles. The maximum absolute atomic E-state index is 6.31. The smallest absolute Gasteiger partial charge is 0.228 e. The van der Waals surface area contributed by atoms with Crippen LogP contribution in [0.4, 0.5) is 5.95 Å². The maximum atomic E-state index is 6.31. The Kier molecular flexibility index (Phi) is 4.73. The first-order chi connectivity index (χ1) is 12.4. The highest BCUT2D eigenvalue weighted by Gasteiger charge is 2.28. The van der Waals surface area contributed by atoms with Crippen LogP contribution in [0.5, 0.6) is 0 Å². The van der Waals surface area contributed by atoms with Crippen LogP contribution in [0.2, 0.25) is 10.0 Å². The van der Waals surface area contributed by atoms with E-state index in [0.29, 0.717) is 10.0 Å². The summed E-state index contributed by atoms with van der Waals surface area (Å²) in [5.74, 6) is 0.787. The van der Waals surface area contributed by atoms with Crippen LogP contribution >= 0.6 is 35.0 Å². The molecule has 3 heterocycles. The standard InChI is InChI=1S/C17H18Cl2N6S/c1-17(20)5-7-24(8-6-17)16-21-9-13(15-22-10-23-25(15)16)26-12-4-2-3-11(18)14(12)19/h2-4,9-10H,5-8,20H2,1H3. The molecule has 1 aliphatic rings. The molecule has 1 saturated heterocycles. The summed E-state index contributed by atoms with van der Waals surface area (Å²) in [7, 11) is 0. The number of rotatable bonds is 3. The molecule has 1 aromatic carbocycles. The lowest BCUT2D eigenvalue weighted by Gasteiger charge is -2.37. The van der Waals surface area contributed by atoms with Gasteiger partial charge in [0, 0.05) is 29.7 Å². The van der Waals surface area contributed by atoms with Crippen molar-refractivity contribution in [2.75, 3.05) is 18.0 Å². The number of halogens is 2. The number of nitrogens with two attached hydrogens (primary N) is 1. The van der Waals surface area contributed by atoms with Gasteiger partial charge in [-0.2, -0.15) is 9.61 Å². The molecule has 26 heavy (non-hydrogen) atoms. The first kappa shape index (κ1) is 17.9. The lowest BCUT2D eigenvalue weighted by atomic mass is 9.91. The summed E-state index contributed by atoms with van der Waals surface area (Å²) in [5.41, 5.74) is 6.87. The summed E-state index contributed by atoms with van der Waals surface area (Å²) in [6.07, 6.45) is 5.19. The van der Waals surface area contributed by atoms with Crippen molar-refractivity contribution in [1.29, 1.82) is 0 Å². The summed E-state index contributed by atoms with van der Waals surface area (Å²) in [6, 6.07) is 5.56. The van der Waals surface area contributed by atoms with Gasteiger partial charge in [0.05, 0.1) is 14.9 Å². The van der Waals surface area contributed by atoms with Crippen molar-refractivity contribution in [2.45, 2.75) is 35.1 Å². The number of benzene rings is 1. The first-order valence-electron chi connectivity index (χ1n) is 8.29. The summed E-state index contributed by atoms with van der Waals surface area (Å²) < 4.78 is 1.78. The van der Waals surface area contributed by atoms with Crippen molar-refractivity contribution in [1.82, 2.24) is 19.6 Å². The second kappa shape index (κ2) is 6.88. The molecule has 2 aromatic heterocycles. The van der Waals surface area contributed by atoms with E-state index in [4.69, 9.17) is 28.9 Å². The van der Waals surface area contributed by atoms with Crippen molar-refractivity contribution in [3.8, 4) is 0 Å². The Labute approximate surface area is 165 Å². The lowest BCUT2D eigenvalue weighted by molar-refractivity contribution is 0.360. The van der Waals surface area contributed by atoms with Gasteiger partial charge in [-0.1, -0.05) is 41.0 Å². The van der Waals surface area contributed by atoms with E-state index in [0.717, 1.165) is 47.3 Å². The molecule has 0 unspecified atom stereocenters. The average Bonchev–Trinajstić information content (AvgIpc) is 3.10. The normalized spacial score (nSPS) is 17.0. The monoisotopic (exact) mass is 408 g/mol. The topological polar surface area (TPSA) is 72.3 Å². The van der Waals surface area contributed by atoms with E-state index in [1.54, 1.807) is 16.9 Å². The molecule has 1 aliphatic heterocycles. The van der Waals surface area contributed by atoms with Crippen LogP contribution in [0.1, 0.15) is 19.8 Å². The Morgan fingerprint density at radius 3 is 2.69 bits per heavy atom. The van der Waals surface area contributed by atoms with Gasteiger partial charge >= 0.3 is 0 Å². The number of nitrogens with zero attached hydrogens (tertiary/aromatic N) is 5. The zero-order chi connectivity index (χ0) is 18.3. The highest BCUT2D eigenvalue weighted by molar-refractivity contribution is 7.99. The SMILES string of the molecule is CC1(N)CCN(c2ncc(Sc3cccc(Cl)c3Cl)c3ncnn23)CC1. The van der Waals surface area contributed by atoms with Crippen LogP contribution in [0.25, 0.3) is 5.65 Å². The molecular weight excluding hydrogens is 391 g/mol. The third-order valence-corrected chi connectivity index (χ3v) is 6.58. The average molecular weight is 409 g/mol. The lowest BCUT2D eigenvalue weighted by Crippen LogP contribution is -2.48. The van der Waals surface area contributed by atoms with Gasteiger partial charge in [-0.3, -0.25) is 0 Å². The zero-order valence-corrected chi connectivity index (χ0v) is 16.5. The van der Waals surface area contributed by atoms with Gasteiger partial charge in [0.25, 0.3) is 0 Å². The fourth-order valence-corrected chi connectivity index (χ4v) is 4.36. The van der Waals surface area contributed by atoms with Crippen molar-refractivity contribution in [3.05, 3.63) is 40.8 Å². The van der Waals surface area contributed by atoms with E-state index in [9.17, 15) is 0 Å². The van der Waals surface area contributed by atoms with Crippen LogP contribution in [0.3, 0.4) is 0 Å². The Morgan fingerprint density at radius 1 is 1.15 bits per heavy atom. The van der Waals surface area contributed by atoms with Crippen LogP contribution in [0.15, 0.2) is 40.5 Å². The third kappa shape index (κ3) is 3.36. The summed E-state index contributed by atoms with van der Waals surface area (Å²) in [4.78, 5) is 13.0. The minimum atomic E-state index is -0.114. The molecule has 0 bridgehead atoms. The predicted octanol–water partition coefficient (Wildman–Crippen LogP) is 3.90. The van der Waals surface area contributed by atoms with Gasteiger partial charge in [0.15, 0.2) is 5.65 Å². The molecule has 0 amide bonds. The summed E-state index contributed by atoms with van der Waals surface area (Å²) in [5, 5.41) is 5.42. The molecule has 9 heteroatoms. The number of fused-ring (bicyclic) bond motifs is 1. The van der Waals surface area contributed by atoms with Crippen molar-refractivity contribution >= 4 is 46.6 Å². The number of piperidine rings is 1. The van der Waals surface area contributed by atoms with Crippen molar-refractivity contribution in [3.63, 3.8) is 0 Å². The van der Waals surface area contributed by atoms with Gasteiger partial charge in [-0.05, 0) is 31.9 Å². The van der Waals surface area contributed by atoms with Crippen LogP contribution in [0, 0.1) is 0 Å². The Balaban J connectivity index is 1.67. The number of hydrogen-bond donors (Lipinski definition) is 1. The van der Waals surface area contributed by atoms with E-state index in [1.807, 2.05) is 18.3 Å². The zero-order valence-electron chi connectivity index (χ0n) is 14.2. The van der Waals surface area contributed by atoms with E-state index < -0.39 is 0 Å². The van der Waals surface area contributed by atoms with E-state index in [2.05, 4.69) is 26.9 Å². The largest absolute Gasteiger partial charge is 0.341 e. The summed E-state index contributed by atoms with van der Waals surface area (Å²) in [6.45, 7) is 3.79. The van der Waals surface area contributed by atoms with Gasteiger partial charge in [0.2, 0.25) is 5.95 Å². The molecule has 1 fully saturated rings. The van der Waals surface area contributed by atoms with Gasteiger partial charge in [0.1, 0.15) is 6.33 Å². The molecule has 3 aromatic rings. The second-order valence-electron chi connectivity index (χ2n) is 6.71. The highest BCUT2D eigenvalue weighted by atomic mass is 35.5. The molecule has 0 aliphatic carbocycles. The van der Waals surface area contributed by atoms with Gasteiger partial charge < -0.3 is 10.6 Å². The molecule has 2 N–H and O–H groups in total. The fourth-order valence-electron chi connectivity index (χ4n) is 2.97.